The van der Waals surface area contributed by atoms with E-state index in [1.165, 1.54) is 0 Å². The maximum Gasteiger partial charge on any atom is 0.330 e. The Balaban J connectivity index is 3.78. The molecule has 0 aliphatic heterocycles. The van der Waals surface area contributed by atoms with Crippen molar-refractivity contribution in [3.8, 4) is 0 Å². The van der Waals surface area contributed by atoms with Gasteiger partial charge in [-0.25, -0.2) is 0 Å². The molecule has 0 N–H and O–H groups in total. The second-order valence-electron chi connectivity index (χ2n) is 3.08. The first-order valence-electron chi connectivity index (χ1n) is 5.36. The Morgan fingerprint density at radius 3 is 2.07 bits per heavy atom. The third kappa shape index (κ3) is 6.58. The minimum absolute atomic E-state index is 0.451. The molecule has 0 fully saturated rings. The monoisotopic (exact) mass is 221 g/mol. The highest BCUT2D eigenvalue weighted by Crippen LogP contribution is 2.48. The summed E-state index contributed by atoms with van der Waals surface area (Å²) in [5.41, 5.74) is 0. The van der Waals surface area contributed by atoms with Gasteiger partial charge in [0.1, 0.15) is 0 Å². The van der Waals surface area contributed by atoms with Crippen LogP contribution in [-0.4, -0.2) is 19.4 Å². The fourth-order valence-corrected chi connectivity index (χ4v) is 2.95. The molecule has 3 nitrogen and oxygen atoms in total. The molecule has 0 aliphatic carbocycles. The lowest BCUT2D eigenvalue weighted by Crippen LogP contribution is -2.00. The van der Waals surface area contributed by atoms with E-state index in [1.54, 1.807) is 0 Å². The summed E-state index contributed by atoms with van der Waals surface area (Å²) in [5, 5.41) is 0. The summed E-state index contributed by atoms with van der Waals surface area (Å²) in [5.74, 6) is 0. The summed E-state index contributed by atoms with van der Waals surface area (Å²) >= 11 is 0. The van der Waals surface area contributed by atoms with Gasteiger partial charge in [-0.2, -0.15) is 0 Å². The zero-order chi connectivity index (χ0) is 10.9. The van der Waals surface area contributed by atoms with Gasteiger partial charge in [0.15, 0.2) is 0 Å². The average molecular weight is 221 g/mol. The van der Waals surface area contributed by atoms with Gasteiger partial charge in [-0.3, -0.25) is 4.57 Å². The SMILES string of the molecule is [CH2]CCCCCP(=O)(OCC)OCC. The topological polar surface area (TPSA) is 35.5 Å². The summed E-state index contributed by atoms with van der Waals surface area (Å²) in [7, 11) is -2.78. The van der Waals surface area contributed by atoms with E-state index in [4.69, 9.17) is 9.05 Å². The Kier molecular flexibility index (Phi) is 8.55. The van der Waals surface area contributed by atoms with Gasteiger partial charge in [0.25, 0.3) is 0 Å². The first kappa shape index (κ1) is 14.2. The maximum absolute atomic E-state index is 11.9. The van der Waals surface area contributed by atoms with E-state index in [0.29, 0.717) is 19.4 Å². The zero-order valence-corrected chi connectivity index (χ0v) is 10.2. The van der Waals surface area contributed by atoms with Gasteiger partial charge in [0, 0.05) is 0 Å². The van der Waals surface area contributed by atoms with Gasteiger partial charge in [-0.1, -0.05) is 26.2 Å². The summed E-state index contributed by atoms with van der Waals surface area (Å²) in [4.78, 5) is 0. The van der Waals surface area contributed by atoms with Crippen LogP contribution >= 0.6 is 7.60 Å². The molecule has 85 valence electrons. The largest absolute Gasteiger partial charge is 0.330 e. The minimum atomic E-state index is -2.78. The molecule has 1 radical (unpaired) electrons. The summed E-state index contributed by atoms with van der Waals surface area (Å²) in [6.45, 7) is 8.33. The van der Waals surface area contributed by atoms with Crippen molar-refractivity contribution in [2.75, 3.05) is 19.4 Å². The normalized spacial score (nSPS) is 11.9. The highest BCUT2D eigenvalue weighted by molar-refractivity contribution is 7.53. The third-order valence-electron chi connectivity index (χ3n) is 1.83. The minimum Gasteiger partial charge on any atom is -0.309 e. The third-order valence-corrected chi connectivity index (χ3v) is 4.00. The van der Waals surface area contributed by atoms with Crippen LogP contribution in [0.3, 0.4) is 0 Å². The molecule has 0 aromatic rings. The van der Waals surface area contributed by atoms with Crippen LogP contribution in [0.1, 0.15) is 39.5 Å². The quantitative estimate of drug-likeness (QED) is 0.440. The lowest BCUT2D eigenvalue weighted by atomic mass is 10.2. The van der Waals surface area contributed by atoms with E-state index in [9.17, 15) is 4.57 Å². The van der Waals surface area contributed by atoms with Gasteiger partial charge in [0.05, 0.1) is 19.4 Å². The fraction of sp³-hybridized carbons (Fsp3) is 0.900. The lowest BCUT2D eigenvalue weighted by molar-refractivity contribution is 0.219. The van der Waals surface area contributed by atoms with Crippen LogP contribution in [0.4, 0.5) is 0 Å². The molecule has 0 saturated carbocycles. The van der Waals surface area contributed by atoms with Crippen LogP contribution in [0.2, 0.25) is 0 Å². The van der Waals surface area contributed by atoms with E-state index in [-0.39, 0.29) is 0 Å². The molecule has 0 aromatic heterocycles. The lowest BCUT2D eigenvalue weighted by Gasteiger charge is -2.16. The molecule has 0 aliphatic rings. The van der Waals surface area contributed by atoms with E-state index >= 15 is 0 Å². The number of hydrogen-bond acceptors (Lipinski definition) is 3. The highest BCUT2D eigenvalue weighted by atomic mass is 31.2. The predicted molar refractivity (Wildman–Crippen MR) is 59.6 cm³/mol. The standard InChI is InChI=1S/C10H22O3P/c1-4-7-8-9-10-14(11,12-5-2)13-6-3/h1,4-10H2,2-3H3. The average Bonchev–Trinajstić information content (AvgIpc) is 2.13. The molecule has 0 atom stereocenters. The molecule has 0 aromatic carbocycles. The van der Waals surface area contributed by atoms with Crippen molar-refractivity contribution in [3.63, 3.8) is 0 Å². The number of hydrogen-bond donors (Lipinski definition) is 0. The van der Waals surface area contributed by atoms with E-state index < -0.39 is 7.60 Å². The number of rotatable bonds is 9. The molecule has 14 heavy (non-hydrogen) atoms. The van der Waals surface area contributed by atoms with Gasteiger partial charge in [0.2, 0.25) is 0 Å². The molecular weight excluding hydrogens is 199 g/mol. The van der Waals surface area contributed by atoms with Crippen LogP contribution in [0, 0.1) is 6.92 Å². The van der Waals surface area contributed by atoms with Crippen LogP contribution < -0.4 is 0 Å². The second-order valence-corrected chi connectivity index (χ2v) is 5.27. The van der Waals surface area contributed by atoms with Crippen LogP contribution in [0.5, 0.6) is 0 Å². The van der Waals surface area contributed by atoms with Crippen molar-refractivity contribution in [2.24, 2.45) is 0 Å². The van der Waals surface area contributed by atoms with Crippen molar-refractivity contribution in [3.05, 3.63) is 6.92 Å². The molecule has 4 heteroatoms. The summed E-state index contributed by atoms with van der Waals surface area (Å²) in [6, 6.07) is 0. The van der Waals surface area contributed by atoms with Crippen molar-refractivity contribution in [2.45, 2.75) is 39.5 Å². The second kappa shape index (κ2) is 8.46. The zero-order valence-electron chi connectivity index (χ0n) is 9.33. The smallest absolute Gasteiger partial charge is 0.309 e. The van der Waals surface area contributed by atoms with Gasteiger partial charge < -0.3 is 9.05 Å². The molecule has 0 heterocycles. The van der Waals surface area contributed by atoms with Crippen molar-refractivity contribution in [1.29, 1.82) is 0 Å². The van der Waals surface area contributed by atoms with E-state index in [1.807, 2.05) is 13.8 Å². The van der Waals surface area contributed by atoms with Gasteiger partial charge in [-0.05, 0) is 20.3 Å². The van der Waals surface area contributed by atoms with Crippen LogP contribution in [0.25, 0.3) is 0 Å². The summed E-state index contributed by atoms with van der Waals surface area (Å²) < 4.78 is 22.3. The van der Waals surface area contributed by atoms with Crippen molar-refractivity contribution < 1.29 is 13.6 Å². The highest BCUT2D eigenvalue weighted by Gasteiger charge is 2.22. The first-order chi connectivity index (χ1) is 6.68. The molecule has 0 saturated heterocycles. The van der Waals surface area contributed by atoms with Crippen molar-refractivity contribution in [1.82, 2.24) is 0 Å². The Hall–Kier alpha value is 0.150. The van der Waals surface area contributed by atoms with E-state index in [0.717, 1.165) is 25.7 Å². The van der Waals surface area contributed by atoms with Crippen LogP contribution in [-0.2, 0) is 13.6 Å². The Bertz CT molecular complexity index is 161. The van der Waals surface area contributed by atoms with Gasteiger partial charge >= 0.3 is 7.60 Å². The Labute approximate surface area is 87.7 Å². The Morgan fingerprint density at radius 1 is 1.07 bits per heavy atom. The van der Waals surface area contributed by atoms with E-state index in [2.05, 4.69) is 6.92 Å². The molecular formula is C10H22O3P. The summed E-state index contributed by atoms with van der Waals surface area (Å²) in [6.07, 6.45) is 4.50. The van der Waals surface area contributed by atoms with Gasteiger partial charge in [-0.15, -0.1) is 0 Å². The first-order valence-corrected chi connectivity index (χ1v) is 7.08. The molecule has 0 rings (SSSR count). The van der Waals surface area contributed by atoms with Crippen molar-refractivity contribution >= 4 is 7.60 Å². The molecule has 0 spiro atoms. The molecule has 0 unspecified atom stereocenters. The Morgan fingerprint density at radius 2 is 1.64 bits per heavy atom. The maximum atomic E-state index is 11.9. The van der Waals surface area contributed by atoms with Crippen LogP contribution in [0.15, 0.2) is 0 Å². The number of unbranched alkanes of at least 4 members (excludes halogenated alkanes) is 3. The molecule has 0 amide bonds. The molecule has 0 bridgehead atoms. The fourth-order valence-electron chi connectivity index (χ4n) is 1.22. The predicted octanol–water partition coefficient (Wildman–Crippen LogP) is 3.65.